The molecule has 0 saturated carbocycles. The number of hydrogen-bond donors (Lipinski definition) is 3. The molecule has 2 aromatic rings. The third-order valence-electron chi connectivity index (χ3n) is 2.55. The Bertz CT molecular complexity index is 763. The summed E-state index contributed by atoms with van der Waals surface area (Å²) in [6.07, 6.45) is 0. The molecule has 5 N–H and O–H groups in total. The van der Waals surface area contributed by atoms with E-state index >= 15 is 0 Å². The number of nitrogens with two attached hydrogens (primary N) is 2. The molecule has 0 aliphatic heterocycles. The predicted octanol–water partition coefficient (Wildman–Crippen LogP) is 2.97. The van der Waals surface area contributed by atoms with Crippen LogP contribution in [-0.2, 0) is 10.0 Å². The molecule has 0 fully saturated rings. The summed E-state index contributed by atoms with van der Waals surface area (Å²) in [6, 6.07) is 9.06. The Hall–Kier alpha value is -1.47. The van der Waals surface area contributed by atoms with Gasteiger partial charge in [0.1, 0.15) is 0 Å². The first-order chi connectivity index (χ1) is 9.27. The first-order valence-electron chi connectivity index (χ1n) is 5.42. The molecule has 0 aliphatic rings. The zero-order valence-electron chi connectivity index (χ0n) is 10.1. The van der Waals surface area contributed by atoms with Crippen LogP contribution in [0.2, 0.25) is 10.0 Å². The third-order valence-corrected chi connectivity index (χ3v) is 4.20. The fourth-order valence-electron chi connectivity index (χ4n) is 1.55. The SMILES string of the molecule is Nc1ccc(S(N)(=O)=O)cc1Nc1ccc(Cl)c(Cl)c1. The summed E-state index contributed by atoms with van der Waals surface area (Å²) in [5, 5.41) is 8.84. The number of benzene rings is 2. The maximum Gasteiger partial charge on any atom is 0.238 e. The molecule has 2 rings (SSSR count). The van der Waals surface area contributed by atoms with Crippen molar-refractivity contribution in [2.75, 3.05) is 11.1 Å². The molecule has 0 radical (unpaired) electrons. The first-order valence-corrected chi connectivity index (χ1v) is 7.72. The Labute approximate surface area is 126 Å². The minimum absolute atomic E-state index is 0.0331. The molecule has 2 aromatic carbocycles. The number of primary sulfonamides is 1. The maximum atomic E-state index is 11.3. The van der Waals surface area contributed by atoms with E-state index in [2.05, 4.69) is 5.32 Å². The Morgan fingerprint density at radius 2 is 1.70 bits per heavy atom. The van der Waals surface area contributed by atoms with Crippen LogP contribution in [0.4, 0.5) is 17.1 Å². The normalized spacial score (nSPS) is 11.3. The quantitative estimate of drug-likeness (QED) is 0.753. The van der Waals surface area contributed by atoms with Gasteiger partial charge in [-0.15, -0.1) is 0 Å². The van der Waals surface area contributed by atoms with Gasteiger partial charge in [0.05, 0.1) is 26.3 Å². The molecule has 0 aliphatic carbocycles. The highest BCUT2D eigenvalue weighted by atomic mass is 35.5. The number of hydrogen-bond acceptors (Lipinski definition) is 4. The van der Waals surface area contributed by atoms with Gasteiger partial charge in [-0.2, -0.15) is 0 Å². The molecular weight excluding hydrogens is 321 g/mol. The average molecular weight is 332 g/mol. The van der Waals surface area contributed by atoms with Gasteiger partial charge >= 0.3 is 0 Å². The van der Waals surface area contributed by atoms with Crippen molar-refractivity contribution in [3.8, 4) is 0 Å². The van der Waals surface area contributed by atoms with Gasteiger partial charge in [-0.1, -0.05) is 23.2 Å². The lowest BCUT2D eigenvalue weighted by Gasteiger charge is -2.11. The second-order valence-electron chi connectivity index (χ2n) is 4.05. The number of nitrogen functional groups attached to an aromatic ring is 1. The lowest BCUT2D eigenvalue weighted by atomic mass is 10.2. The lowest BCUT2D eigenvalue weighted by molar-refractivity contribution is 0.598. The van der Waals surface area contributed by atoms with E-state index in [0.29, 0.717) is 27.1 Å². The molecule has 0 amide bonds. The summed E-state index contributed by atoms with van der Waals surface area (Å²) < 4.78 is 22.6. The van der Waals surface area contributed by atoms with E-state index < -0.39 is 10.0 Å². The highest BCUT2D eigenvalue weighted by Crippen LogP contribution is 2.30. The summed E-state index contributed by atoms with van der Waals surface area (Å²) in [6.45, 7) is 0. The van der Waals surface area contributed by atoms with Crippen molar-refractivity contribution in [2.45, 2.75) is 4.90 Å². The van der Waals surface area contributed by atoms with Crippen LogP contribution >= 0.6 is 23.2 Å². The van der Waals surface area contributed by atoms with Gasteiger partial charge in [-0.05, 0) is 36.4 Å². The van der Waals surface area contributed by atoms with Crippen LogP contribution < -0.4 is 16.2 Å². The number of sulfonamides is 1. The van der Waals surface area contributed by atoms with E-state index in [-0.39, 0.29) is 4.90 Å². The Kier molecular flexibility index (Phi) is 4.10. The van der Waals surface area contributed by atoms with Gasteiger partial charge in [-0.25, -0.2) is 13.6 Å². The van der Waals surface area contributed by atoms with Crippen molar-refractivity contribution in [3.63, 3.8) is 0 Å². The molecular formula is C12H11Cl2N3O2S. The van der Waals surface area contributed by atoms with Crippen molar-refractivity contribution < 1.29 is 8.42 Å². The smallest absolute Gasteiger partial charge is 0.238 e. The monoisotopic (exact) mass is 331 g/mol. The van der Waals surface area contributed by atoms with Crippen LogP contribution in [-0.4, -0.2) is 8.42 Å². The molecule has 0 unspecified atom stereocenters. The molecule has 0 spiro atoms. The van der Waals surface area contributed by atoms with Gasteiger partial charge in [0.15, 0.2) is 0 Å². The van der Waals surface area contributed by atoms with Gasteiger partial charge in [0, 0.05) is 5.69 Å². The van der Waals surface area contributed by atoms with Crippen molar-refractivity contribution in [1.29, 1.82) is 0 Å². The average Bonchev–Trinajstić information content (AvgIpc) is 2.35. The molecule has 0 bridgehead atoms. The van der Waals surface area contributed by atoms with Crippen molar-refractivity contribution in [3.05, 3.63) is 46.4 Å². The van der Waals surface area contributed by atoms with E-state index in [1.807, 2.05) is 0 Å². The Morgan fingerprint density at radius 3 is 2.30 bits per heavy atom. The van der Waals surface area contributed by atoms with E-state index in [4.69, 9.17) is 34.1 Å². The Balaban J connectivity index is 2.40. The van der Waals surface area contributed by atoms with Crippen LogP contribution in [0, 0.1) is 0 Å². The predicted molar refractivity (Wildman–Crippen MR) is 82.0 cm³/mol. The molecule has 8 heteroatoms. The number of nitrogens with one attached hydrogen (secondary N) is 1. The molecule has 0 atom stereocenters. The van der Waals surface area contributed by atoms with E-state index in [9.17, 15) is 8.42 Å². The topological polar surface area (TPSA) is 98.2 Å². The maximum absolute atomic E-state index is 11.3. The fourth-order valence-corrected chi connectivity index (χ4v) is 2.39. The van der Waals surface area contributed by atoms with Crippen LogP contribution in [0.25, 0.3) is 0 Å². The summed E-state index contributed by atoms with van der Waals surface area (Å²) in [4.78, 5) is -0.0331. The fraction of sp³-hybridized carbons (Fsp3) is 0. The van der Waals surface area contributed by atoms with Crippen LogP contribution in [0.15, 0.2) is 41.3 Å². The minimum atomic E-state index is -3.79. The van der Waals surface area contributed by atoms with Crippen LogP contribution in [0.5, 0.6) is 0 Å². The van der Waals surface area contributed by atoms with E-state index in [1.54, 1.807) is 18.2 Å². The van der Waals surface area contributed by atoms with Crippen LogP contribution in [0.1, 0.15) is 0 Å². The Morgan fingerprint density at radius 1 is 1.00 bits per heavy atom. The zero-order chi connectivity index (χ0) is 14.9. The largest absolute Gasteiger partial charge is 0.397 e. The van der Waals surface area contributed by atoms with Crippen molar-refractivity contribution in [2.24, 2.45) is 5.14 Å². The van der Waals surface area contributed by atoms with Gasteiger partial charge in [-0.3, -0.25) is 0 Å². The van der Waals surface area contributed by atoms with E-state index in [0.717, 1.165) is 0 Å². The number of rotatable bonds is 3. The summed E-state index contributed by atoms with van der Waals surface area (Å²) in [7, 11) is -3.79. The summed E-state index contributed by atoms with van der Waals surface area (Å²) in [5.41, 5.74) is 7.20. The molecule has 0 heterocycles. The summed E-state index contributed by atoms with van der Waals surface area (Å²) >= 11 is 11.7. The third kappa shape index (κ3) is 3.34. The minimum Gasteiger partial charge on any atom is -0.397 e. The van der Waals surface area contributed by atoms with Crippen molar-refractivity contribution >= 4 is 50.3 Å². The number of anilines is 3. The molecule has 20 heavy (non-hydrogen) atoms. The molecule has 0 aromatic heterocycles. The van der Waals surface area contributed by atoms with Crippen LogP contribution in [0.3, 0.4) is 0 Å². The highest BCUT2D eigenvalue weighted by molar-refractivity contribution is 7.89. The highest BCUT2D eigenvalue weighted by Gasteiger charge is 2.11. The van der Waals surface area contributed by atoms with Gasteiger partial charge < -0.3 is 11.1 Å². The first kappa shape index (κ1) is 14.9. The van der Waals surface area contributed by atoms with Gasteiger partial charge in [0.2, 0.25) is 10.0 Å². The molecule has 0 saturated heterocycles. The number of halogens is 2. The second-order valence-corrected chi connectivity index (χ2v) is 6.42. The standard InChI is InChI=1S/C12H11Cl2N3O2S/c13-9-3-1-7(5-10(9)14)17-12-6-8(20(16,18)19)2-4-11(12)15/h1-6,17H,15H2,(H2,16,18,19). The van der Waals surface area contributed by atoms with E-state index in [1.165, 1.54) is 18.2 Å². The van der Waals surface area contributed by atoms with Crippen molar-refractivity contribution in [1.82, 2.24) is 0 Å². The molecule has 106 valence electrons. The second kappa shape index (κ2) is 5.49. The van der Waals surface area contributed by atoms with Gasteiger partial charge in [0.25, 0.3) is 0 Å². The lowest BCUT2D eigenvalue weighted by Crippen LogP contribution is -2.12. The zero-order valence-corrected chi connectivity index (χ0v) is 12.4. The summed E-state index contributed by atoms with van der Waals surface area (Å²) in [5.74, 6) is 0. The molecule has 5 nitrogen and oxygen atoms in total.